The van der Waals surface area contributed by atoms with Crippen LogP contribution in [0.5, 0.6) is 0 Å². The number of hydrogen-bond acceptors (Lipinski definition) is 8. The number of aliphatic hydroxyl groups is 1. The molecule has 1 saturated carbocycles. The summed E-state index contributed by atoms with van der Waals surface area (Å²) in [5.74, 6) is -3.13. The van der Waals surface area contributed by atoms with Crippen molar-refractivity contribution in [3.05, 3.63) is 24.2 Å². The fraction of sp³-hybridized carbons (Fsp3) is 0.500. The lowest BCUT2D eigenvalue weighted by atomic mass is 9.76. The highest BCUT2D eigenvalue weighted by atomic mass is 16.5. The third-order valence-electron chi connectivity index (χ3n) is 4.04. The molecule has 1 fully saturated rings. The van der Waals surface area contributed by atoms with Crippen molar-refractivity contribution in [2.75, 3.05) is 20.8 Å². The first kappa shape index (κ1) is 16.0. The van der Waals surface area contributed by atoms with Gasteiger partial charge >= 0.3 is 11.9 Å². The molecule has 0 radical (unpaired) electrons. The summed E-state index contributed by atoms with van der Waals surface area (Å²) in [5, 5.41) is 22.0. The number of rotatable bonds is 4. The van der Waals surface area contributed by atoms with Crippen molar-refractivity contribution in [1.82, 2.24) is 0 Å². The second-order valence-corrected chi connectivity index (χ2v) is 5.01. The monoisotopic (exact) mass is 311 g/mol. The zero-order valence-corrected chi connectivity index (χ0v) is 12.2. The minimum absolute atomic E-state index is 0.0771. The van der Waals surface area contributed by atoms with Crippen molar-refractivity contribution < 1.29 is 33.8 Å². The first-order valence-corrected chi connectivity index (χ1v) is 6.59. The van der Waals surface area contributed by atoms with E-state index in [1.54, 1.807) is 12.1 Å². The third kappa shape index (κ3) is 2.16. The normalized spacial score (nSPS) is 25.1. The van der Waals surface area contributed by atoms with Crippen LogP contribution in [0.4, 0.5) is 0 Å². The molecule has 0 saturated heterocycles. The summed E-state index contributed by atoms with van der Waals surface area (Å²) in [6.07, 6.45) is 1.27. The van der Waals surface area contributed by atoms with Gasteiger partial charge in [-0.25, -0.2) is 0 Å². The molecule has 120 valence electrons. The molecule has 0 amide bonds. The van der Waals surface area contributed by atoms with E-state index in [9.17, 15) is 19.9 Å². The molecule has 1 aliphatic rings. The zero-order chi connectivity index (χ0) is 16.3. The van der Waals surface area contributed by atoms with Gasteiger partial charge in [-0.2, -0.15) is 0 Å². The van der Waals surface area contributed by atoms with Gasteiger partial charge in [0.2, 0.25) is 0 Å². The van der Waals surface area contributed by atoms with Crippen LogP contribution in [0.2, 0.25) is 0 Å². The Morgan fingerprint density at radius 3 is 2.45 bits per heavy atom. The molecule has 22 heavy (non-hydrogen) atoms. The molecule has 8 nitrogen and oxygen atoms in total. The lowest BCUT2D eigenvalue weighted by Gasteiger charge is -2.28. The Morgan fingerprint density at radius 1 is 1.41 bits per heavy atom. The zero-order valence-electron chi connectivity index (χ0n) is 12.2. The second-order valence-electron chi connectivity index (χ2n) is 5.01. The summed E-state index contributed by atoms with van der Waals surface area (Å²) in [4.78, 5) is 24.8. The summed E-state index contributed by atoms with van der Waals surface area (Å²) in [6.45, 7) is -0.396. The SMILES string of the molecule is COC(=O)C1(C(=O)OC)C[C@@H](CO)/C(=N/O)[C@@H]1c1ccco1. The summed E-state index contributed by atoms with van der Waals surface area (Å²) >= 11 is 0. The highest BCUT2D eigenvalue weighted by Gasteiger charge is 2.64. The van der Waals surface area contributed by atoms with Crippen LogP contribution >= 0.6 is 0 Å². The Bertz CT molecular complexity index is 562. The number of carbonyl (C=O) groups excluding carboxylic acids is 2. The van der Waals surface area contributed by atoms with Gasteiger partial charge in [0.1, 0.15) is 5.76 Å². The molecule has 1 heterocycles. The van der Waals surface area contributed by atoms with Crippen molar-refractivity contribution >= 4 is 17.7 Å². The smallest absolute Gasteiger partial charge is 0.324 e. The molecule has 2 N–H and O–H groups in total. The van der Waals surface area contributed by atoms with Gasteiger partial charge in [-0.05, 0) is 18.6 Å². The lowest BCUT2D eigenvalue weighted by Crippen LogP contribution is -2.44. The topological polar surface area (TPSA) is 119 Å². The van der Waals surface area contributed by atoms with Crippen LogP contribution in [0.15, 0.2) is 28.0 Å². The van der Waals surface area contributed by atoms with E-state index in [0.29, 0.717) is 0 Å². The molecule has 2 rings (SSSR count). The van der Waals surface area contributed by atoms with E-state index in [0.717, 1.165) is 14.2 Å². The number of hydrogen-bond donors (Lipinski definition) is 2. The maximum Gasteiger partial charge on any atom is 0.324 e. The summed E-state index contributed by atoms with van der Waals surface area (Å²) < 4.78 is 14.8. The van der Waals surface area contributed by atoms with Gasteiger partial charge in [0.15, 0.2) is 5.41 Å². The highest BCUT2D eigenvalue weighted by molar-refractivity contribution is 6.11. The van der Waals surface area contributed by atoms with Crippen molar-refractivity contribution in [3.8, 4) is 0 Å². The highest BCUT2D eigenvalue weighted by Crippen LogP contribution is 2.52. The van der Waals surface area contributed by atoms with Gasteiger partial charge < -0.3 is 24.2 Å². The number of aliphatic hydroxyl groups excluding tert-OH is 1. The molecular weight excluding hydrogens is 294 g/mol. The van der Waals surface area contributed by atoms with Crippen LogP contribution < -0.4 is 0 Å². The van der Waals surface area contributed by atoms with Crippen LogP contribution in [-0.4, -0.2) is 48.8 Å². The molecule has 1 aromatic rings. The standard InChI is InChI=1S/C14H17NO7/c1-20-12(17)14(13(18)21-2)6-8(7-16)11(15-19)10(14)9-4-3-5-22-9/h3-5,8,10,16,19H,6-7H2,1-2H3/b15-11-/t8-,10-/m0/s1. The molecule has 8 heteroatoms. The Morgan fingerprint density at radius 2 is 2.05 bits per heavy atom. The maximum absolute atomic E-state index is 12.4. The van der Waals surface area contributed by atoms with Gasteiger partial charge in [0.25, 0.3) is 0 Å². The van der Waals surface area contributed by atoms with Gasteiger partial charge in [-0.1, -0.05) is 5.16 Å². The van der Waals surface area contributed by atoms with Gasteiger partial charge in [-0.15, -0.1) is 0 Å². The van der Waals surface area contributed by atoms with Crippen molar-refractivity contribution in [1.29, 1.82) is 0 Å². The average molecular weight is 311 g/mol. The number of esters is 2. The molecule has 0 unspecified atom stereocenters. The summed E-state index contributed by atoms with van der Waals surface area (Å²) in [6, 6.07) is 3.13. The van der Waals surface area contributed by atoms with E-state index in [2.05, 4.69) is 5.16 Å². The van der Waals surface area contributed by atoms with E-state index in [1.165, 1.54) is 6.26 Å². The Hall–Kier alpha value is -2.35. The average Bonchev–Trinajstić information content (AvgIpc) is 3.18. The number of furan rings is 1. The van der Waals surface area contributed by atoms with Crippen molar-refractivity contribution in [2.45, 2.75) is 12.3 Å². The largest absolute Gasteiger partial charge is 0.469 e. The van der Waals surface area contributed by atoms with E-state index in [4.69, 9.17) is 13.9 Å². The lowest BCUT2D eigenvalue weighted by molar-refractivity contribution is -0.170. The quantitative estimate of drug-likeness (QED) is 0.360. The van der Waals surface area contributed by atoms with Crippen molar-refractivity contribution in [3.63, 3.8) is 0 Å². The maximum atomic E-state index is 12.4. The minimum atomic E-state index is -1.77. The van der Waals surface area contributed by atoms with E-state index in [-0.39, 0.29) is 17.9 Å². The van der Waals surface area contributed by atoms with Crippen LogP contribution in [0, 0.1) is 11.3 Å². The fourth-order valence-corrected chi connectivity index (χ4v) is 3.09. The molecule has 0 bridgehead atoms. The number of methoxy groups -OCH3 is 2. The predicted molar refractivity (Wildman–Crippen MR) is 72.3 cm³/mol. The Labute approximate surface area is 126 Å². The number of ether oxygens (including phenoxy) is 2. The molecule has 0 spiro atoms. The van der Waals surface area contributed by atoms with Crippen LogP contribution in [0.3, 0.4) is 0 Å². The number of nitrogens with zero attached hydrogens (tertiary/aromatic N) is 1. The van der Waals surface area contributed by atoms with Crippen LogP contribution in [0.1, 0.15) is 18.1 Å². The van der Waals surface area contributed by atoms with E-state index in [1.807, 2.05) is 0 Å². The first-order chi connectivity index (χ1) is 10.6. The molecule has 2 atom stereocenters. The first-order valence-electron chi connectivity index (χ1n) is 6.59. The van der Waals surface area contributed by atoms with E-state index >= 15 is 0 Å². The molecular formula is C14H17NO7. The van der Waals surface area contributed by atoms with Gasteiger partial charge in [0, 0.05) is 5.92 Å². The van der Waals surface area contributed by atoms with E-state index < -0.39 is 35.8 Å². The number of carbonyl (C=O) groups is 2. The van der Waals surface area contributed by atoms with Gasteiger partial charge in [0.05, 0.1) is 38.7 Å². The number of oxime groups is 1. The van der Waals surface area contributed by atoms with Crippen LogP contribution in [0.25, 0.3) is 0 Å². The summed E-state index contributed by atoms with van der Waals surface area (Å²) in [5.41, 5.74) is -1.69. The van der Waals surface area contributed by atoms with Crippen molar-refractivity contribution in [2.24, 2.45) is 16.5 Å². The molecule has 0 aliphatic heterocycles. The fourth-order valence-electron chi connectivity index (χ4n) is 3.09. The summed E-state index contributed by atoms with van der Waals surface area (Å²) in [7, 11) is 2.29. The minimum Gasteiger partial charge on any atom is -0.469 e. The second kappa shape index (κ2) is 6.18. The Balaban J connectivity index is 2.67. The Kier molecular flexibility index (Phi) is 4.51. The van der Waals surface area contributed by atoms with Gasteiger partial charge in [-0.3, -0.25) is 9.59 Å². The third-order valence-corrected chi connectivity index (χ3v) is 4.04. The predicted octanol–water partition coefficient (Wildman–Crippen LogP) is 0.538. The molecule has 1 aliphatic carbocycles. The van der Waals surface area contributed by atoms with Crippen LogP contribution in [-0.2, 0) is 19.1 Å². The molecule has 0 aromatic carbocycles. The molecule has 1 aromatic heterocycles.